The molecule has 3 N–H and O–H groups in total. The summed E-state index contributed by atoms with van der Waals surface area (Å²) in [6.07, 6.45) is 0. The monoisotopic (exact) mass is 250 g/mol. The van der Waals surface area contributed by atoms with E-state index in [4.69, 9.17) is 17.3 Å². The van der Waals surface area contributed by atoms with E-state index >= 15 is 0 Å². The minimum Gasteiger partial charge on any atom is -0.320 e. The van der Waals surface area contributed by atoms with Crippen molar-refractivity contribution in [3.05, 3.63) is 4.91 Å². The van der Waals surface area contributed by atoms with Gasteiger partial charge in [0.2, 0.25) is 5.91 Å². The Labute approximate surface area is 98.2 Å². The van der Waals surface area contributed by atoms with E-state index in [1.54, 1.807) is 19.3 Å². The number of rotatable bonds is 5. The lowest BCUT2D eigenvalue weighted by molar-refractivity contribution is -0.130. The second kappa shape index (κ2) is 7.13. The van der Waals surface area contributed by atoms with E-state index < -0.39 is 18.0 Å². The standard InChI is InChI=1S/C8H15ClN4O3/c1-5(2)6(10)7(14)13(4-3-9)8(15)11-12-16/h5-6H,3-4,10H2,1-2H3,(H,11,15,16)/t6-/m0/s1. The fourth-order valence-corrected chi connectivity index (χ4v) is 1.13. The number of halogens is 1. The van der Waals surface area contributed by atoms with E-state index in [0.29, 0.717) is 0 Å². The second-order valence-corrected chi connectivity index (χ2v) is 3.83. The summed E-state index contributed by atoms with van der Waals surface area (Å²) in [5.41, 5.74) is 7.23. The van der Waals surface area contributed by atoms with Crippen molar-refractivity contribution in [1.29, 1.82) is 0 Å². The number of urea groups is 1. The van der Waals surface area contributed by atoms with Gasteiger partial charge in [-0.1, -0.05) is 13.8 Å². The molecule has 0 aliphatic carbocycles. The SMILES string of the molecule is CC(C)[C@H](N)C(=O)N(CCCl)C(=O)NN=O. The highest BCUT2D eigenvalue weighted by Gasteiger charge is 2.27. The minimum absolute atomic E-state index is 0.0256. The molecule has 8 heteroatoms. The number of hydrogen-bond donors (Lipinski definition) is 2. The van der Waals surface area contributed by atoms with Crippen molar-refractivity contribution in [2.75, 3.05) is 12.4 Å². The summed E-state index contributed by atoms with van der Waals surface area (Å²) < 4.78 is 0. The zero-order valence-electron chi connectivity index (χ0n) is 9.14. The van der Waals surface area contributed by atoms with E-state index in [-0.39, 0.29) is 18.3 Å². The molecule has 0 spiro atoms. The van der Waals surface area contributed by atoms with E-state index in [2.05, 4.69) is 5.29 Å². The molecule has 0 aliphatic rings. The van der Waals surface area contributed by atoms with Crippen LogP contribution in [0.15, 0.2) is 5.29 Å². The van der Waals surface area contributed by atoms with Gasteiger partial charge in [0.15, 0.2) is 0 Å². The second-order valence-electron chi connectivity index (χ2n) is 3.46. The maximum absolute atomic E-state index is 11.7. The Morgan fingerprint density at radius 1 is 1.50 bits per heavy atom. The first-order valence-electron chi connectivity index (χ1n) is 4.71. The van der Waals surface area contributed by atoms with Crippen LogP contribution in [0.5, 0.6) is 0 Å². The van der Waals surface area contributed by atoms with Crippen LogP contribution in [0.1, 0.15) is 13.8 Å². The lowest BCUT2D eigenvalue weighted by Crippen LogP contribution is -2.52. The normalized spacial score (nSPS) is 12.1. The largest absolute Gasteiger partial charge is 0.347 e. The Morgan fingerprint density at radius 2 is 2.06 bits per heavy atom. The Hall–Kier alpha value is -1.21. The summed E-state index contributed by atoms with van der Waals surface area (Å²) in [6, 6.07) is -1.74. The number of carbonyl (C=O) groups is 2. The molecular weight excluding hydrogens is 236 g/mol. The van der Waals surface area contributed by atoms with Crippen LogP contribution in [0, 0.1) is 10.8 Å². The molecule has 0 aliphatic heterocycles. The van der Waals surface area contributed by atoms with Crippen LogP contribution in [0.2, 0.25) is 0 Å². The molecule has 0 fully saturated rings. The summed E-state index contributed by atoms with van der Waals surface area (Å²) in [4.78, 5) is 33.7. The molecule has 16 heavy (non-hydrogen) atoms. The fourth-order valence-electron chi connectivity index (χ4n) is 0.961. The van der Waals surface area contributed by atoms with E-state index in [1.807, 2.05) is 0 Å². The first-order chi connectivity index (χ1) is 7.45. The number of nitroso groups, excluding NO2 is 1. The third-order valence-corrected chi connectivity index (χ3v) is 2.13. The molecule has 0 aromatic rings. The maximum atomic E-state index is 11.7. The predicted molar refractivity (Wildman–Crippen MR) is 59.6 cm³/mol. The first-order valence-corrected chi connectivity index (χ1v) is 5.24. The number of nitrogens with zero attached hydrogens (tertiary/aromatic N) is 2. The molecule has 0 bridgehead atoms. The quantitative estimate of drug-likeness (QED) is 0.419. The molecule has 0 aromatic heterocycles. The average Bonchev–Trinajstić information content (AvgIpc) is 2.24. The summed E-state index contributed by atoms with van der Waals surface area (Å²) in [5, 5.41) is 2.20. The van der Waals surface area contributed by atoms with Gasteiger partial charge in [-0.15, -0.1) is 16.5 Å². The van der Waals surface area contributed by atoms with Crippen molar-refractivity contribution >= 4 is 23.5 Å². The van der Waals surface area contributed by atoms with Gasteiger partial charge in [0, 0.05) is 12.4 Å². The third kappa shape index (κ3) is 4.11. The maximum Gasteiger partial charge on any atom is 0.347 e. The number of carbonyl (C=O) groups excluding carboxylic acids is 2. The Bertz CT molecular complexity index is 272. The number of amides is 3. The minimum atomic E-state index is -0.920. The number of imide groups is 1. The number of alkyl halides is 1. The number of hydrogen-bond acceptors (Lipinski definition) is 5. The molecular formula is C8H15ClN4O3. The molecule has 7 nitrogen and oxygen atoms in total. The zero-order chi connectivity index (χ0) is 12.7. The van der Waals surface area contributed by atoms with Crippen LogP contribution in [0.25, 0.3) is 0 Å². The highest BCUT2D eigenvalue weighted by atomic mass is 35.5. The molecule has 0 unspecified atom stereocenters. The van der Waals surface area contributed by atoms with Crippen LogP contribution in [0.3, 0.4) is 0 Å². The number of nitrogens with one attached hydrogen (secondary N) is 1. The van der Waals surface area contributed by atoms with Crippen molar-refractivity contribution in [2.45, 2.75) is 19.9 Å². The van der Waals surface area contributed by atoms with Gasteiger partial charge in [0.05, 0.1) is 11.3 Å². The van der Waals surface area contributed by atoms with Crippen molar-refractivity contribution in [1.82, 2.24) is 10.3 Å². The van der Waals surface area contributed by atoms with Gasteiger partial charge in [-0.05, 0) is 5.92 Å². The molecule has 1 atom stereocenters. The van der Waals surface area contributed by atoms with Gasteiger partial charge in [-0.25, -0.2) is 4.79 Å². The van der Waals surface area contributed by atoms with E-state index in [1.165, 1.54) is 0 Å². The van der Waals surface area contributed by atoms with E-state index in [9.17, 15) is 14.5 Å². The molecule has 0 saturated heterocycles. The summed E-state index contributed by atoms with van der Waals surface area (Å²) >= 11 is 5.45. The van der Waals surface area contributed by atoms with Crippen molar-refractivity contribution in [2.24, 2.45) is 16.9 Å². The molecule has 0 radical (unpaired) electrons. The van der Waals surface area contributed by atoms with Crippen LogP contribution >= 0.6 is 11.6 Å². The van der Waals surface area contributed by atoms with Gasteiger partial charge in [0.1, 0.15) is 0 Å². The van der Waals surface area contributed by atoms with Gasteiger partial charge >= 0.3 is 6.03 Å². The highest BCUT2D eigenvalue weighted by molar-refractivity contribution is 6.18. The zero-order valence-corrected chi connectivity index (χ0v) is 9.90. The molecule has 92 valence electrons. The van der Waals surface area contributed by atoms with Gasteiger partial charge in [-0.3, -0.25) is 9.69 Å². The third-order valence-electron chi connectivity index (χ3n) is 1.96. The van der Waals surface area contributed by atoms with Crippen molar-refractivity contribution in [3.8, 4) is 0 Å². The molecule has 0 rings (SSSR count). The fraction of sp³-hybridized carbons (Fsp3) is 0.750. The van der Waals surface area contributed by atoms with Gasteiger partial charge in [0.25, 0.3) is 0 Å². The average molecular weight is 251 g/mol. The van der Waals surface area contributed by atoms with Crippen LogP contribution in [0.4, 0.5) is 4.79 Å². The molecule has 0 aromatic carbocycles. The smallest absolute Gasteiger partial charge is 0.320 e. The molecule has 3 amide bonds. The van der Waals surface area contributed by atoms with Gasteiger partial charge < -0.3 is 5.73 Å². The predicted octanol–water partition coefficient (Wildman–Crippen LogP) is 0.428. The molecule has 0 saturated carbocycles. The highest BCUT2D eigenvalue weighted by Crippen LogP contribution is 2.04. The van der Waals surface area contributed by atoms with Gasteiger partial charge in [-0.2, -0.15) is 5.43 Å². The molecule has 0 heterocycles. The van der Waals surface area contributed by atoms with Crippen LogP contribution in [-0.4, -0.2) is 35.3 Å². The number of nitrogens with two attached hydrogens (primary N) is 1. The van der Waals surface area contributed by atoms with Crippen molar-refractivity contribution < 1.29 is 9.59 Å². The first kappa shape index (κ1) is 14.8. The Balaban J connectivity index is 4.70. The van der Waals surface area contributed by atoms with Crippen molar-refractivity contribution in [3.63, 3.8) is 0 Å². The summed E-state index contributed by atoms with van der Waals surface area (Å²) in [7, 11) is 0. The Kier molecular flexibility index (Phi) is 6.59. The topological polar surface area (TPSA) is 105 Å². The summed E-state index contributed by atoms with van der Waals surface area (Å²) in [5.74, 6) is -0.651. The van der Waals surface area contributed by atoms with Crippen LogP contribution in [-0.2, 0) is 4.79 Å². The lowest BCUT2D eigenvalue weighted by Gasteiger charge is -2.23. The summed E-state index contributed by atoms with van der Waals surface area (Å²) in [6.45, 7) is 3.47. The van der Waals surface area contributed by atoms with E-state index in [0.717, 1.165) is 4.90 Å². The lowest BCUT2D eigenvalue weighted by atomic mass is 10.0. The Morgan fingerprint density at radius 3 is 2.44 bits per heavy atom. The van der Waals surface area contributed by atoms with Crippen LogP contribution < -0.4 is 11.2 Å².